The summed E-state index contributed by atoms with van der Waals surface area (Å²) in [6.07, 6.45) is -3.65. The number of ether oxygens (including phenoxy) is 1. The number of piperazine rings is 1. The number of anilines is 1. The molecule has 30 heavy (non-hydrogen) atoms. The van der Waals surface area contributed by atoms with Gasteiger partial charge in [0.1, 0.15) is 16.5 Å². The first kappa shape index (κ1) is 20.9. The van der Waals surface area contributed by atoms with E-state index < -0.39 is 21.8 Å². The van der Waals surface area contributed by atoms with Crippen LogP contribution in [0.15, 0.2) is 46.8 Å². The maximum absolute atomic E-state index is 13.4. The third-order valence-electron chi connectivity index (χ3n) is 5.00. The third-order valence-corrected chi connectivity index (χ3v) is 8.04. The molecular formula is C19H18F3N3O3S2. The molecule has 160 valence electrons. The van der Waals surface area contributed by atoms with Crippen LogP contribution < -0.4 is 9.64 Å². The standard InChI is InChI=1S/C19H18F3N3O3S2/c1-28-15-4-2-13-6-11-29-17(13)18(15)30(26,27)25-9-7-24(8-10-25)16-5-3-14(12-23-16)19(20,21)22/h2-6,11-12H,7-10H2,1H3. The molecule has 2 aromatic heterocycles. The fraction of sp³-hybridized carbons (Fsp3) is 0.316. The number of halogens is 3. The fourth-order valence-electron chi connectivity index (χ4n) is 3.42. The van der Waals surface area contributed by atoms with Gasteiger partial charge in [-0.25, -0.2) is 13.4 Å². The van der Waals surface area contributed by atoms with E-state index in [9.17, 15) is 21.6 Å². The average molecular weight is 457 g/mol. The molecule has 1 saturated heterocycles. The Morgan fingerprint density at radius 2 is 1.80 bits per heavy atom. The Balaban J connectivity index is 1.55. The van der Waals surface area contributed by atoms with Crippen molar-refractivity contribution in [1.29, 1.82) is 0 Å². The summed E-state index contributed by atoms with van der Waals surface area (Å²) in [5, 5.41) is 2.66. The van der Waals surface area contributed by atoms with E-state index >= 15 is 0 Å². The number of benzene rings is 1. The van der Waals surface area contributed by atoms with E-state index in [0.717, 1.165) is 17.6 Å². The van der Waals surface area contributed by atoms with E-state index in [1.54, 1.807) is 11.0 Å². The van der Waals surface area contributed by atoms with Gasteiger partial charge in [0, 0.05) is 32.4 Å². The number of nitrogens with zero attached hydrogens (tertiary/aromatic N) is 3. The number of pyridine rings is 1. The van der Waals surface area contributed by atoms with Crippen LogP contribution in [0.25, 0.3) is 10.1 Å². The summed E-state index contributed by atoms with van der Waals surface area (Å²) < 4.78 is 72.2. The topological polar surface area (TPSA) is 62.7 Å². The third kappa shape index (κ3) is 3.72. The van der Waals surface area contributed by atoms with Gasteiger partial charge < -0.3 is 9.64 Å². The normalized spacial score (nSPS) is 16.2. The number of hydrogen-bond donors (Lipinski definition) is 0. The van der Waals surface area contributed by atoms with Crippen LogP contribution in [0.4, 0.5) is 19.0 Å². The van der Waals surface area contributed by atoms with Crippen molar-refractivity contribution < 1.29 is 26.3 Å². The second-order valence-corrected chi connectivity index (χ2v) is 9.52. The number of rotatable bonds is 4. The highest BCUT2D eigenvalue weighted by Gasteiger charge is 2.34. The Morgan fingerprint density at radius 3 is 2.40 bits per heavy atom. The molecular weight excluding hydrogens is 439 g/mol. The number of fused-ring (bicyclic) bond motifs is 1. The quantitative estimate of drug-likeness (QED) is 0.596. The van der Waals surface area contributed by atoms with Gasteiger partial charge in [-0.1, -0.05) is 0 Å². The molecule has 0 aliphatic carbocycles. The summed E-state index contributed by atoms with van der Waals surface area (Å²) in [4.78, 5) is 5.82. The van der Waals surface area contributed by atoms with Gasteiger partial charge >= 0.3 is 6.18 Å². The van der Waals surface area contributed by atoms with Crippen LogP contribution in [-0.2, 0) is 16.2 Å². The monoisotopic (exact) mass is 457 g/mol. The van der Waals surface area contributed by atoms with Crippen LogP contribution in [0.1, 0.15) is 5.56 Å². The number of methoxy groups -OCH3 is 1. The van der Waals surface area contributed by atoms with Gasteiger partial charge in [0.2, 0.25) is 10.0 Å². The van der Waals surface area contributed by atoms with Gasteiger partial charge in [-0.2, -0.15) is 17.5 Å². The zero-order chi connectivity index (χ0) is 21.5. The number of alkyl halides is 3. The minimum Gasteiger partial charge on any atom is -0.495 e. The molecule has 4 rings (SSSR count). The Labute approximate surface area is 175 Å². The summed E-state index contributed by atoms with van der Waals surface area (Å²) in [6.45, 7) is 1.02. The van der Waals surface area contributed by atoms with Gasteiger partial charge in [-0.15, -0.1) is 11.3 Å². The molecule has 3 aromatic rings. The first-order chi connectivity index (χ1) is 14.2. The first-order valence-electron chi connectivity index (χ1n) is 9.04. The minimum absolute atomic E-state index is 0.151. The lowest BCUT2D eigenvalue weighted by Gasteiger charge is -2.35. The van der Waals surface area contributed by atoms with Crippen molar-refractivity contribution in [3.8, 4) is 5.75 Å². The predicted molar refractivity (Wildman–Crippen MR) is 109 cm³/mol. The highest BCUT2D eigenvalue weighted by atomic mass is 32.2. The van der Waals surface area contributed by atoms with E-state index in [2.05, 4.69) is 4.98 Å². The average Bonchev–Trinajstić information content (AvgIpc) is 3.21. The molecule has 3 heterocycles. The molecule has 0 bridgehead atoms. The Hall–Kier alpha value is -2.37. The van der Waals surface area contributed by atoms with Crippen LogP contribution >= 0.6 is 11.3 Å². The summed E-state index contributed by atoms with van der Waals surface area (Å²) in [7, 11) is -2.38. The zero-order valence-electron chi connectivity index (χ0n) is 15.9. The molecule has 11 heteroatoms. The summed E-state index contributed by atoms with van der Waals surface area (Å²) in [5.41, 5.74) is -0.816. The van der Waals surface area contributed by atoms with Gasteiger partial charge in [-0.3, -0.25) is 0 Å². The maximum atomic E-state index is 13.4. The smallest absolute Gasteiger partial charge is 0.417 e. The number of hydrogen-bond acceptors (Lipinski definition) is 6. The molecule has 0 radical (unpaired) electrons. The molecule has 0 spiro atoms. The highest BCUT2D eigenvalue weighted by Crippen LogP contribution is 2.37. The van der Waals surface area contributed by atoms with Crippen molar-refractivity contribution in [3.63, 3.8) is 0 Å². The van der Waals surface area contributed by atoms with E-state index in [1.165, 1.54) is 28.8 Å². The molecule has 0 unspecified atom stereocenters. The van der Waals surface area contributed by atoms with Crippen molar-refractivity contribution in [2.24, 2.45) is 0 Å². The minimum atomic E-state index is -4.44. The maximum Gasteiger partial charge on any atom is 0.417 e. The van der Waals surface area contributed by atoms with Gasteiger partial charge in [0.25, 0.3) is 0 Å². The Bertz CT molecular complexity index is 1150. The molecule has 0 amide bonds. The molecule has 6 nitrogen and oxygen atoms in total. The SMILES string of the molecule is COc1ccc2ccsc2c1S(=O)(=O)N1CCN(c2ccc(C(F)(F)F)cn2)CC1. The van der Waals surface area contributed by atoms with Crippen LogP contribution in [-0.4, -0.2) is 51.0 Å². The van der Waals surface area contributed by atoms with E-state index in [4.69, 9.17) is 4.74 Å². The van der Waals surface area contributed by atoms with Gasteiger partial charge in [-0.05, 0) is 41.1 Å². The van der Waals surface area contributed by atoms with Crippen molar-refractivity contribution in [2.75, 3.05) is 38.2 Å². The number of aromatic nitrogens is 1. The first-order valence-corrected chi connectivity index (χ1v) is 11.4. The lowest BCUT2D eigenvalue weighted by atomic mass is 10.2. The molecule has 1 fully saturated rings. The van der Waals surface area contributed by atoms with Gasteiger partial charge in [0.05, 0.1) is 17.4 Å². The molecule has 1 aliphatic rings. The zero-order valence-corrected chi connectivity index (χ0v) is 17.5. The lowest BCUT2D eigenvalue weighted by molar-refractivity contribution is -0.137. The lowest BCUT2D eigenvalue weighted by Crippen LogP contribution is -2.49. The number of thiophene rings is 1. The number of sulfonamides is 1. The second-order valence-electron chi connectivity index (χ2n) is 6.73. The van der Waals surface area contributed by atoms with Crippen LogP contribution in [0.2, 0.25) is 0 Å². The largest absolute Gasteiger partial charge is 0.495 e. The molecule has 1 aliphatic heterocycles. The van der Waals surface area contributed by atoms with Crippen molar-refractivity contribution in [3.05, 3.63) is 47.5 Å². The molecule has 0 N–H and O–H groups in total. The predicted octanol–water partition coefficient (Wildman–Crippen LogP) is 3.83. The second kappa shape index (κ2) is 7.71. The fourth-order valence-corrected chi connectivity index (χ4v) is 6.37. The van der Waals surface area contributed by atoms with Crippen LogP contribution in [0, 0.1) is 0 Å². The Morgan fingerprint density at radius 1 is 1.07 bits per heavy atom. The Kier molecular flexibility index (Phi) is 5.37. The van der Waals surface area contributed by atoms with E-state index in [-0.39, 0.29) is 23.7 Å². The van der Waals surface area contributed by atoms with Gasteiger partial charge in [0.15, 0.2) is 0 Å². The van der Waals surface area contributed by atoms with Crippen LogP contribution in [0.5, 0.6) is 5.75 Å². The van der Waals surface area contributed by atoms with Crippen molar-refractivity contribution >= 4 is 37.3 Å². The summed E-state index contributed by atoms with van der Waals surface area (Å²) in [6, 6.07) is 7.60. The molecule has 0 saturated carbocycles. The van der Waals surface area contributed by atoms with E-state index in [0.29, 0.717) is 23.6 Å². The summed E-state index contributed by atoms with van der Waals surface area (Å²) in [5.74, 6) is 0.676. The molecule has 1 aromatic carbocycles. The van der Waals surface area contributed by atoms with Crippen LogP contribution in [0.3, 0.4) is 0 Å². The van der Waals surface area contributed by atoms with Crippen molar-refractivity contribution in [1.82, 2.24) is 9.29 Å². The molecule has 0 atom stereocenters. The van der Waals surface area contributed by atoms with Crippen molar-refractivity contribution in [2.45, 2.75) is 11.1 Å². The highest BCUT2D eigenvalue weighted by molar-refractivity contribution is 7.89. The van der Waals surface area contributed by atoms with E-state index in [1.807, 2.05) is 17.5 Å². The summed E-state index contributed by atoms with van der Waals surface area (Å²) >= 11 is 1.34.